The molecule has 0 saturated heterocycles. The highest BCUT2D eigenvalue weighted by molar-refractivity contribution is 4.91. The van der Waals surface area contributed by atoms with E-state index in [-0.39, 0.29) is 5.41 Å². The van der Waals surface area contributed by atoms with Crippen LogP contribution in [0, 0.1) is 5.41 Å². The largest absolute Gasteiger partial charge is 0.396 e. The van der Waals surface area contributed by atoms with Gasteiger partial charge in [0, 0.05) is 33.5 Å². The van der Waals surface area contributed by atoms with E-state index in [0.717, 1.165) is 32.7 Å². The van der Waals surface area contributed by atoms with Crippen molar-refractivity contribution >= 4 is 0 Å². The Kier molecular flexibility index (Phi) is 4.70. The fourth-order valence-electron chi connectivity index (χ4n) is 1.36. The van der Waals surface area contributed by atoms with Crippen LogP contribution in [0.5, 0.6) is 0 Å². The van der Waals surface area contributed by atoms with Crippen molar-refractivity contribution in [3.8, 4) is 0 Å². The summed E-state index contributed by atoms with van der Waals surface area (Å²) in [4.78, 5) is 0. The zero-order valence-corrected chi connectivity index (χ0v) is 8.42. The second-order valence-corrected chi connectivity index (χ2v) is 3.87. The molecule has 1 fully saturated rings. The van der Waals surface area contributed by atoms with Gasteiger partial charge in [-0.3, -0.25) is 0 Å². The van der Waals surface area contributed by atoms with Gasteiger partial charge in [0.15, 0.2) is 0 Å². The molecule has 1 N–H and O–H groups in total. The fraction of sp³-hybridized carbons (Fsp3) is 1.00. The summed E-state index contributed by atoms with van der Waals surface area (Å²) in [6, 6.07) is 0. The Bertz CT molecular complexity index is 132. The predicted octanol–water partition coefficient (Wildman–Crippen LogP) is 1.20. The van der Waals surface area contributed by atoms with Crippen LogP contribution in [0.15, 0.2) is 0 Å². The summed E-state index contributed by atoms with van der Waals surface area (Å²) in [7, 11) is 1.70. The SMILES string of the molecule is COCCCOCCC1(CO)CC1. The number of rotatable bonds is 8. The van der Waals surface area contributed by atoms with Crippen molar-refractivity contribution in [3.05, 3.63) is 0 Å². The summed E-state index contributed by atoms with van der Waals surface area (Å²) < 4.78 is 10.3. The molecule has 13 heavy (non-hydrogen) atoms. The second kappa shape index (κ2) is 5.58. The number of methoxy groups -OCH3 is 1. The first-order valence-electron chi connectivity index (χ1n) is 5.00. The van der Waals surface area contributed by atoms with Gasteiger partial charge >= 0.3 is 0 Å². The molecule has 1 aliphatic carbocycles. The molecule has 0 bridgehead atoms. The topological polar surface area (TPSA) is 38.7 Å². The van der Waals surface area contributed by atoms with Crippen LogP contribution in [0.1, 0.15) is 25.7 Å². The average molecular weight is 188 g/mol. The molecule has 1 rings (SSSR count). The molecule has 1 saturated carbocycles. The van der Waals surface area contributed by atoms with Crippen LogP contribution in [-0.4, -0.2) is 38.6 Å². The van der Waals surface area contributed by atoms with Crippen LogP contribution in [0.2, 0.25) is 0 Å². The molecule has 0 amide bonds. The summed E-state index contributed by atoms with van der Waals surface area (Å²) in [5.74, 6) is 0. The van der Waals surface area contributed by atoms with Gasteiger partial charge in [0.2, 0.25) is 0 Å². The molecule has 0 aromatic carbocycles. The molecule has 0 heterocycles. The van der Waals surface area contributed by atoms with Gasteiger partial charge in [-0.2, -0.15) is 0 Å². The number of aliphatic hydroxyl groups excluding tert-OH is 1. The molecule has 0 unspecified atom stereocenters. The highest BCUT2D eigenvalue weighted by Crippen LogP contribution is 2.48. The molecule has 0 radical (unpaired) electrons. The van der Waals surface area contributed by atoms with Gasteiger partial charge < -0.3 is 14.6 Å². The van der Waals surface area contributed by atoms with Crippen molar-refractivity contribution < 1.29 is 14.6 Å². The van der Waals surface area contributed by atoms with Crippen molar-refractivity contribution in [3.63, 3.8) is 0 Å². The summed E-state index contributed by atoms with van der Waals surface area (Å²) in [6.45, 7) is 2.65. The number of hydrogen-bond donors (Lipinski definition) is 1. The van der Waals surface area contributed by atoms with E-state index in [1.54, 1.807) is 7.11 Å². The maximum atomic E-state index is 9.02. The lowest BCUT2D eigenvalue weighted by atomic mass is 10.1. The molecule has 0 aromatic rings. The van der Waals surface area contributed by atoms with Crippen molar-refractivity contribution in [2.75, 3.05) is 33.5 Å². The van der Waals surface area contributed by atoms with Crippen LogP contribution in [-0.2, 0) is 9.47 Å². The van der Waals surface area contributed by atoms with Gasteiger partial charge in [0.25, 0.3) is 0 Å². The standard InChI is InChI=1S/C10H20O3/c1-12-6-2-7-13-8-5-10(9-11)3-4-10/h11H,2-9H2,1H3. The normalized spacial score (nSPS) is 18.9. The third-order valence-electron chi connectivity index (χ3n) is 2.71. The smallest absolute Gasteiger partial charge is 0.0488 e. The van der Waals surface area contributed by atoms with Crippen LogP contribution in [0.25, 0.3) is 0 Å². The predicted molar refractivity (Wildman–Crippen MR) is 50.7 cm³/mol. The lowest BCUT2D eigenvalue weighted by molar-refractivity contribution is 0.0814. The van der Waals surface area contributed by atoms with E-state index >= 15 is 0 Å². The van der Waals surface area contributed by atoms with Crippen molar-refractivity contribution in [2.45, 2.75) is 25.7 Å². The summed E-state index contributed by atoms with van der Waals surface area (Å²) >= 11 is 0. The van der Waals surface area contributed by atoms with Crippen LogP contribution >= 0.6 is 0 Å². The van der Waals surface area contributed by atoms with E-state index in [9.17, 15) is 0 Å². The first-order valence-corrected chi connectivity index (χ1v) is 5.00. The van der Waals surface area contributed by atoms with Crippen molar-refractivity contribution in [1.29, 1.82) is 0 Å². The minimum atomic E-state index is 0.237. The van der Waals surface area contributed by atoms with E-state index in [4.69, 9.17) is 14.6 Å². The van der Waals surface area contributed by atoms with Gasteiger partial charge in [0.05, 0.1) is 0 Å². The maximum Gasteiger partial charge on any atom is 0.0488 e. The summed E-state index contributed by atoms with van der Waals surface area (Å²) in [6.07, 6.45) is 4.31. The Morgan fingerprint density at radius 1 is 1.23 bits per heavy atom. The van der Waals surface area contributed by atoms with Crippen molar-refractivity contribution in [2.24, 2.45) is 5.41 Å². The molecule has 0 aliphatic heterocycles. The van der Waals surface area contributed by atoms with Crippen molar-refractivity contribution in [1.82, 2.24) is 0 Å². The van der Waals surface area contributed by atoms with E-state index in [0.29, 0.717) is 6.61 Å². The minimum Gasteiger partial charge on any atom is -0.396 e. The molecule has 0 atom stereocenters. The highest BCUT2D eigenvalue weighted by atomic mass is 16.5. The molecule has 1 aliphatic rings. The number of hydrogen-bond acceptors (Lipinski definition) is 3. The van der Waals surface area contributed by atoms with E-state index < -0.39 is 0 Å². The quantitative estimate of drug-likeness (QED) is 0.582. The summed E-state index contributed by atoms with van der Waals surface area (Å²) in [5.41, 5.74) is 0.237. The Morgan fingerprint density at radius 3 is 2.54 bits per heavy atom. The van der Waals surface area contributed by atoms with E-state index in [1.165, 1.54) is 12.8 Å². The molecular formula is C10H20O3. The molecule has 3 nitrogen and oxygen atoms in total. The van der Waals surface area contributed by atoms with E-state index in [2.05, 4.69) is 0 Å². The maximum absolute atomic E-state index is 9.02. The van der Waals surface area contributed by atoms with Gasteiger partial charge in [-0.15, -0.1) is 0 Å². The first kappa shape index (κ1) is 11.0. The zero-order chi connectivity index (χ0) is 9.57. The molecule has 3 heteroatoms. The second-order valence-electron chi connectivity index (χ2n) is 3.87. The van der Waals surface area contributed by atoms with Gasteiger partial charge in [-0.25, -0.2) is 0 Å². The Balaban J connectivity index is 1.84. The van der Waals surface area contributed by atoms with Crippen LogP contribution < -0.4 is 0 Å². The lowest BCUT2D eigenvalue weighted by Crippen LogP contribution is -2.11. The van der Waals surface area contributed by atoms with Crippen LogP contribution in [0.3, 0.4) is 0 Å². The lowest BCUT2D eigenvalue weighted by Gasteiger charge is -2.10. The minimum absolute atomic E-state index is 0.237. The van der Waals surface area contributed by atoms with Gasteiger partial charge in [-0.05, 0) is 31.1 Å². The molecule has 0 aromatic heterocycles. The Morgan fingerprint density at radius 2 is 2.00 bits per heavy atom. The van der Waals surface area contributed by atoms with Crippen LogP contribution in [0.4, 0.5) is 0 Å². The highest BCUT2D eigenvalue weighted by Gasteiger charge is 2.41. The third-order valence-corrected chi connectivity index (χ3v) is 2.71. The van der Waals surface area contributed by atoms with E-state index in [1.807, 2.05) is 0 Å². The van der Waals surface area contributed by atoms with Gasteiger partial charge in [-0.1, -0.05) is 0 Å². The third kappa shape index (κ3) is 4.07. The first-order chi connectivity index (χ1) is 6.33. The zero-order valence-electron chi connectivity index (χ0n) is 8.42. The number of aliphatic hydroxyl groups is 1. The Hall–Kier alpha value is -0.120. The van der Waals surface area contributed by atoms with Gasteiger partial charge in [0.1, 0.15) is 0 Å². The average Bonchev–Trinajstić information content (AvgIpc) is 2.92. The fourth-order valence-corrected chi connectivity index (χ4v) is 1.36. The number of ether oxygens (including phenoxy) is 2. The molecular weight excluding hydrogens is 168 g/mol. The Labute approximate surface area is 80.0 Å². The monoisotopic (exact) mass is 188 g/mol. The molecule has 0 spiro atoms. The summed E-state index contributed by atoms with van der Waals surface area (Å²) in [5, 5.41) is 9.02. The molecule has 78 valence electrons.